The van der Waals surface area contributed by atoms with Crippen LogP contribution in [0.5, 0.6) is 0 Å². The van der Waals surface area contributed by atoms with Gasteiger partial charge in [-0.25, -0.2) is 0 Å². The van der Waals surface area contributed by atoms with E-state index in [0.717, 1.165) is 12.8 Å². The van der Waals surface area contributed by atoms with Gasteiger partial charge in [0.2, 0.25) is 0 Å². The van der Waals surface area contributed by atoms with E-state index < -0.39 is 8.07 Å². The molecule has 3 heteroatoms. The fraction of sp³-hybridized carbons (Fsp3) is 0.333. The van der Waals surface area contributed by atoms with Crippen molar-refractivity contribution in [3.63, 3.8) is 0 Å². The van der Waals surface area contributed by atoms with E-state index in [0.29, 0.717) is 11.1 Å². The maximum absolute atomic E-state index is 3.80. The molecule has 2 aromatic carbocycles. The average Bonchev–Trinajstić information content (AvgIpc) is 3.22. The molecular weight excluding hydrogens is 476 g/mol. The van der Waals surface area contributed by atoms with Gasteiger partial charge in [0.1, 0.15) is 0 Å². The van der Waals surface area contributed by atoms with Crippen molar-refractivity contribution in [2.45, 2.75) is 50.9 Å². The molecule has 0 aromatic heterocycles. The van der Waals surface area contributed by atoms with Crippen LogP contribution in [0.25, 0.3) is 12.2 Å². The van der Waals surface area contributed by atoms with Crippen molar-refractivity contribution >= 4 is 52.1 Å². The minimum Gasteiger partial charge on any atom is -0.0679 e. The Kier molecular flexibility index (Phi) is 5.15. The van der Waals surface area contributed by atoms with Gasteiger partial charge in [0, 0.05) is 20.0 Å². The lowest BCUT2D eigenvalue weighted by Crippen LogP contribution is -2.42. The van der Waals surface area contributed by atoms with Crippen molar-refractivity contribution in [1.82, 2.24) is 0 Å². The minimum atomic E-state index is -1.73. The molecular formula is C24H26Br2Si. The topological polar surface area (TPSA) is 0 Å². The van der Waals surface area contributed by atoms with Gasteiger partial charge in [-0.1, -0.05) is 106 Å². The van der Waals surface area contributed by atoms with Crippen LogP contribution in [0.2, 0.25) is 13.1 Å². The van der Waals surface area contributed by atoms with E-state index in [-0.39, 0.29) is 0 Å². The Morgan fingerprint density at radius 3 is 1.52 bits per heavy atom. The maximum atomic E-state index is 3.80. The van der Waals surface area contributed by atoms with Gasteiger partial charge in [-0.3, -0.25) is 0 Å². The van der Waals surface area contributed by atoms with E-state index in [4.69, 9.17) is 0 Å². The molecule has 0 heterocycles. The Morgan fingerprint density at radius 2 is 1.15 bits per heavy atom. The number of fused-ring (bicyclic) bond motifs is 2. The summed E-state index contributed by atoms with van der Waals surface area (Å²) in [6.07, 6.45) is 7.19. The number of halogens is 2. The Balaban J connectivity index is 1.88. The predicted octanol–water partition coefficient (Wildman–Crippen LogP) is 8.48. The Labute approximate surface area is 181 Å². The molecule has 2 aliphatic rings. The standard InChI is InChI=1S/C24H26Br2Si/c1-5-15-13-19-17(9-7-11-21(19)25)23(15)27(3,4)24-16(6-2)14-20-18(24)10-8-12-22(20)26/h7-14,23-24H,5-6H2,1-4H3. The summed E-state index contributed by atoms with van der Waals surface area (Å²) in [7, 11) is -1.73. The van der Waals surface area contributed by atoms with Gasteiger partial charge in [-0.05, 0) is 47.2 Å². The summed E-state index contributed by atoms with van der Waals surface area (Å²) in [6, 6.07) is 13.5. The molecule has 2 atom stereocenters. The highest BCUT2D eigenvalue weighted by Gasteiger charge is 2.47. The SMILES string of the molecule is CCC1=Cc2c(Br)cccc2C1[Si](C)(C)C1C(CC)=Cc2c(Br)cccc21. The molecule has 0 saturated carbocycles. The van der Waals surface area contributed by atoms with E-state index in [1.165, 1.54) is 31.2 Å². The van der Waals surface area contributed by atoms with E-state index in [1.54, 1.807) is 11.1 Å². The lowest BCUT2D eigenvalue weighted by molar-refractivity contribution is 0.898. The van der Waals surface area contributed by atoms with Gasteiger partial charge in [0.15, 0.2) is 0 Å². The first-order valence-electron chi connectivity index (χ1n) is 9.87. The summed E-state index contributed by atoms with van der Waals surface area (Å²) in [5.41, 5.74) is 10.3. The highest BCUT2D eigenvalue weighted by Crippen LogP contribution is 2.54. The number of benzene rings is 2. The van der Waals surface area contributed by atoms with Crippen molar-refractivity contribution in [1.29, 1.82) is 0 Å². The highest BCUT2D eigenvalue weighted by atomic mass is 79.9. The van der Waals surface area contributed by atoms with Crippen molar-refractivity contribution in [3.8, 4) is 0 Å². The molecule has 4 rings (SSSR count). The molecule has 0 saturated heterocycles. The zero-order chi connectivity index (χ0) is 19.3. The van der Waals surface area contributed by atoms with Crippen LogP contribution in [0.4, 0.5) is 0 Å². The van der Waals surface area contributed by atoms with Crippen LogP contribution in [0.1, 0.15) is 60.0 Å². The average molecular weight is 502 g/mol. The lowest BCUT2D eigenvalue weighted by Gasteiger charge is -2.40. The summed E-state index contributed by atoms with van der Waals surface area (Å²) in [4.78, 5) is 0. The summed E-state index contributed by atoms with van der Waals surface area (Å²) in [5, 5.41) is 0. The third kappa shape index (κ3) is 2.97. The second-order valence-corrected chi connectivity index (χ2v) is 14.8. The van der Waals surface area contributed by atoms with E-state index >= 15 is 0 Å². The van der Waals surface area contributed by atoms with Crippen LogP contribution >= 0.6 is 31.9 Å². The van der Waals surface area contributed by atoms with Crippen molar-refractivity contribution < 1.29 is 0 Å². The molecule has 0 radical (unpaired) electrons. The summed E-state index contributed by atoms with van der Waals surface area (Å²) in [6.45, 7) is 9.86. The van der Waals surface area contributed by atoms with Crippen LogP contribution in [-0.4, -0.2) is 8.07 Å². The minimum absolute atomic E-state index is 0.583. The van der Waals surface area contributed by atoms with E-state index in [2.05, 4.69) is 107 Å². The lowest BCUT2D eigenvalue weighted by atomic mass is 10.1. The molecule has 0 amide bonds. The van der Waals surface area contributed by atoms with Gasteiger partial charge in [-0.15, -0.1) is 0 Å². The van der Waals surface area contributed by atoms with Crippen LogP contribution in [0, 0.1) is 0 Å². The van der Waals surface area contributed by atoms with Crippen molar-refractivity contribution in [2.75, 3.05) is 0 Å². The smallest absolute Gasteiger partial charge is 0.0679 e. The Morgan fingerprint density at radius 1 is 0.741 bits per heavy atom. The van der Waals surface area contributed by atoms with Crippen molar-refractivity contribution in [3.05, 3.63) is 78.7 Å². The predicted molar refractivity (Wildman–Crippen MR) is 128 cm³/mol. The molecule has 2 aliphatic carbocycles. The molecule has 2 aromatic rings. The molecule has 27 heavy (non-hydrogen) atoms. The zero-order valence-electron chi connectivity index (χ0n) is 16.4. The summed E-state index contributed by atoms with van der Waals surface area (Å²) >= 11 is 7.59. The van der Waals surface area contributed by atoms with Gasteiger partial charge < -0.3 is 0 Å². The largest absolute Gasteiger partial charge is 0.0722 e. The highest BCUT2D eigenvalue weighted by molar-refractivity contribution is 9.10. The third-order valence-electron chi connectivity index (χ3n) is 6.50. The van der Waals surface area contributed by atoms with Gasteiger partial charge in [0.25, 0.3) is 0 Å². The number of hydrogen-bond acceptors (Lipinski definition) is 0. The van der Waals surface area contributed by atoms with Gasteiger partial charge in [0.05, 0.1) is 8.07 Å². The number of hydrogen-bond donors (Lipinski definition) is 0. The van der Waals surface area contributed by atoms with Crippen molar-refractivity contribution in [2.24, 2.45) is 0 Å². The van der Waals surface area contributed by atoms with Crippen LogP contribution < -0.4 is 0 Å². The first-order valence-corrected chi connectivity index (χ1v) is 14.6. The first kappa shape index (κ1) is 19.4. The molecule has 0 fully saturated rings. The molecule has 0 nitrogen and oxygen atoms in total. The van der Waals surface area contributed by atoms with E-state index in [9.17, 15) is 0 Å². The normalized spacial score (nSPS) is 21.0. The second-order valence-electron chi connectivity index (χ2n) is 8.32. The van der Waals surface area contributed by atoms with Crippen LogP contribution in [0.15, 0.2) is 56.5 Å². The fourth-order valence-corrected chi connectivity index (χ4v) is 11.3. The monoisotopic (exact) mass is 500 g/mol. The first-order chi connectivity index (χ1) is 12.9. The number of rotatable bonds is 4. The molecule has 0 aliphatic heterocycles. The van der Waals surface area contributed by atoms with Gasteiger partial charge in [-0.2, -0.15) is 0 Å². The quantitative estimate of drug-likeness (QED) is 0.368. The third-order valence-corrected chi connectivity index (χ3v) is 12.2. The zero-order valence-corrected chi connectivity index (χ0v) is 20.6. The molecule has 2 unspecified atom stereocenters. The summed E-state index contributed by atoms with van der Waals surface area (Å²) < 4.78 is 2.47. The van der Waals surface area contributed by atoms with E-state index in [1.807, 2.05) is 0 Å². The van der Waals surface area contributed by atoms with Crippen LogP contribution in [-0.2, 0) is 0 Å². The summed E-state index contributed by atoms with van der Waals surface area (Å²) in [5.74, 6) is 0. The Bertz CT molecular complexity index is 891. The van der Waals surface area contributed by atoms with Crippen LogP contribution in [0.3, 0.4) is 0 Å². The molecule has 0 spiro atoms. The Hall–Kier alpha value is -0.903. The van der Waals surface area contributed by atoms with Gasteiger partial charge >= 0.3 is 0 Å². The molecule has 140 valence electrons. The molecule has 0 bridgehead atoms. The maximum Gasteiger partial charge on any atom is 0.0722 e. The fourth-order valence-electron chi connectivity index (χ4n) is 5.39. The second kappa shape index (κ2) is 7.17. The number of allylic oxidation sites excluding steroid dienone is 2. The molecule has 0 N–H and O–H groups in total.